The molecule has 0 saturated carbocycles. The number of ketones is 1. The van der Waals surface area contributed by atoms with Crippen LogP contribution in [0, 0.1) is 11.3 Å². The van der Waals surface area contributed by atoms with E-state index in [0.29, 0.717) is 11.3 Å². The summed E-state index contributed by atoms with van der Waals surface area (Å²) >= 11 is 0. The number of ether oxygens (including phenoxy) is 2. The second kappa shape index (κ2) is 7.53. The van der Waals surface area contributed by atoms with Crippen molar-refractivity contribution in [1.29, 1.82) is 5.26 Å². The molecule has 0 aromatic heterocycles. The predicted octanol–water partition coefficient (Wildman–Crippen LogP) is 4.38. The van der Waals surface area contributed by atoms with Gasteiger partial charge in [-0.05, 0) is 48.0 Å². The Balaban J connectivity index is 2.21. The van der Waals surface area contributed by atoms with Crippen molar-refractivity contribution in [3.8, 4) is 17.6 Å². The summed E-state index contributed by atoms with van der Waals surface area (Å²) in [7, 11) is 1.52. The molecule has 2 rings (SSSR count). The van der Waals surface area contributed by atoms with Crippen molar-refractivity contribution in [1.82, 2.24) is 0 Å². The first kappa shape index (κ1) is 18.1. The third-order valence-corrected chi connectivity index (χ3v) is 3.14. The Kier molecular flexibility index (Phi) is 5.45. The number of nitriles is 1. The Hall–Kier alpha value is -3.27. The Morgan fingerprint density at radius 2 is 1.60 bits per heavy atom. The Morgan fingerprint density at radius 1 is 1.04 bits per heavy atom. The van der Waals surface area contributed by atoms with Gasteiger partial charge >= 0.3 is 6.36 Å². The van der Waals surface area contributed by atoms with E-state index in [1.807, 2.05) is 0 Å². The number of alkyl halides is 3. The minimum Gasteiger partial charge on any atom is -0.497 e. The lowest BCUT2D eigenvalue weighted by Crippen LogP contribution is -2.17. The van der Waals surface area contributed by atoms with E-state index in [2.05, 4.69) is 4.74 Å². The number of hydrogen-bond donors (Lipinski definition) is 0. The summed E-state index contributed by atoms with van der Waals surface area (Å²) in [6.07, 6.45) is -3.42. The number of allylic oxidation sites excluding steroid dienone is 1. The van der Waals surface area contributed by atoms with Crippen LogP contribution in [-0.4, -0.2) is 19.3 Å². The normalized spacial score (nSPS) is 11.6. The standard InChI is InChI=1S/C18H12F3NO3/c1-24-15-6-2-12(3-7-15)10-14(11-22)17(23)13-4-8-16(9-5-13)25-18(19,20)21/h2-10H,1H3/b14-10+. The first-order chi connectivity index (χ1) is 11.8. The fourth-order valence-electron chi connectivity index (χ4n) is 1.98. The Bertz CT molecular complexity index is 817. The van der Waals surface area contributed by atoms with Crippen molar-refractivity contribution < 1.29 is 27.4 Å². The number of carbonyl (C=O) groups is 1. The number of carbonyl (C=O) groups excluding carboxylic acids is 1. The maximum atomic E-state index is 12.3. The zero-order valence-electron chi connectivity index (χ0n) is 13.0. The largest absolute Gasteiger partial charge is 0.573 e. The molecule has 0 aliphatic carbocycles. The Morgan fingerprint density at radius 3 is 2.08 bits per heavy atom. The maximum Gasteiger partial charge on any atom is 0.573 e. The highest BCUT2D eigenvalue weighted by molar-refractivity contribution is 6.14. The lowest BCUT2D eigenvalue weighted by molar-refractivity contribution is -0.274. The zero-order chi connectivity index (χ0) is 18.4. The fraction of sp³-hybridized carbons (Fsp3) is 0.111. The monoisotopic (exact) mass is 347 g/mol. The van der Waals surface area contributed by atoms with Gasteiger partial charge in [0, 0.05) is 5.56 Å². The van der Waals surface area contributed by atoms with Crippen molar-refractivity contribution in [3.63, 3.8) is 0 Å². The molecule has 0 aliphatic rings. The topological polar surface area (TPSA) is 59.3 Å². The van der Waals surface area contributed by atoms with Crippen molar-refractivity contribution in [2.24, 2.45) is 0 Å². The van der Waals surface area contributed by atoms with E-state index in [1.165, 1.54) is 25.3 Å². The lowest BCUT2D eigenvalue weighted by atomic mass is 10.0. The van der Waals surface area contributed by atoms with E-state index in [9.17, 15) is 23.2 Å². The van der Waals surface area contributed by atoms with E-state index >= 15 is 0 Å². The highest BCUT2D eigenvalue weighted by Crippen LogP contribution is 2.23. The number of benzene rings is 2. The second-order valence-corrected chi connectivity index (χ2v) is 4.84. The summed E-state index contributed by atoms with van der Waals surface area (Å²) in [6.45, 7) is 0. The molecule has 0 radical (unpaired) electrons. The second-order valence-electron chi connectivity index (χ2n) is 4.84. The minimum atomic E-state index is -4.81. The van der Waals surface area contributed by atoms with Crippen LogP contribution >= 0.6 is 0 Å². The van der Waals surface area contributed by atoms with Crippen LogP contribution in [-0.2, 0) is 0 Å². The average Bonchev–Trinajstić information content (AvgIpc) is 2.59. The quantitative estimate of drug-likeness (QED) is 0.457. The van der Waals surface area contributed by atoms with E-state index in [1.54, 1.807) is 30.3 Å². The molecule has 2 aromatic carbocycles. The molecule has 128 valence electrons. The molecular formula is C18H12F3NO3. The van der Waals surface area contributed by atoms with Gasteiger partial charge in [-0.1, -0.05) is 12.1 Å². The molecule has 7 heteroatoms. The fourth-order valence-corrected chi connectivity index (χ4v) is 1.98. The van der Waals surface area contributed by atoms with E-state index < -0.39 is 17.9 Å². The SMILES string of the molecule is COc1ccc(/C=C(\C#N)C(=O)c2ccc(OC(F)(F)F)cc2)cc1. The third kappa shape index (κ3) is 5.11. The van der Waals surface area contributed by atoms with Crippen molar-refractivity contribution in [2.75, 3.05) is 7.11 Å². The molecule has 25 heavy (non-hydrogen) atoms. The molecule has 2 aromatic rings. The molecule has 0 N–H and O–H groups in total. The van der Waals surface area contributed by atoms with Crippen molar-refractivity contribution >= 4 is 11.9 Å². The van der Waals surface area contributed by atoms with Gasteiger partial charge in [-0.2, -0.15) is 5.26 Å². The first-order valence-corrected chi connectivity index (χ1v) is 6.99. The zero-order valence-corrected chi connectivity index (χ0v) is 13.0. The molecule has 0 amide bonds. The lowest BCUT2D eigenvalue weighted by Gasteiger charge is -2.08. The van der Waals surface area contributed by atoms with Crippen LogP contribution in [0.4, 0.5) is 13.2 Å². The summed E-state index contributed by atoms with van der Waals surface area (Å²) in [5.41, 5.74) is 0.549. The minimum absolute atomic E-state index is 0.0795. The molecule has 0 saturated heterocycles. The van der Waals surface area contributed by atoms with E-state index in [-0.39, 0.29) is 11.1 Å². The molecular weight excluding hydrogens is 335 g/mol. The number of hydrogen-bond acceptors (Lipinski definition) is 4. The summed E-state index contributed by atoms with van der Waals surface area (Å²) in [6, 6.07) is 12.9. The number of halogens is 3. The van der Waals surface area contributed by atoms with E-state index in [4.69, 9.17) is 4.74 Å². The summed E-state index contributed by atoms with van der Waals surface area (Å²) in [4.78, 5) is 12.3. The molecule has 0 unspecified atom stereocenters. The van der Waals surface area contributed by atoms with Crippen LogP contribution in [0.2, 0.25) is 0 Å². The number of Topliss-reactive ketones (excluding diaryl/α,β-unsaturated/α-hetero) is 1. The number of methoxy groups -OCH3 is 1. The van der Waals surface area contributed by atoms with E-state index in [0.717, 1.165) is 12.1 Å². The summed E-state index contributed by atoms with van der Waals surface area (Å²) in [5.74, 6) is -0.416. The molecule has 0 atom stereocenters. The van der Waals surface area contributed by atoms with Gasteiger partial charge in [-0.25, -0.2) is 0 Å². The van der Waals surface area contributed by atoms with Gasteiger partial charge in [0.05, 0.1) is 7.11 Å². The molecule has 0 fully saturated rings. The maximum absolute atomic E-state index is 12.3. The van der Waals surface area contributed by atoms with Crippen LogP contribution in [0.5, 0.6) is 11.5 Å². The number of nitrogens with zero attached hydrogens (tertiary/aromatic N) is 1. The number of rotatable bonds is 5. The first-order valence-electron chi connectivity index (χ1n) is 6.99. The molecule has 0 bridgehead atoms. The van der Waals surface area contributed by atoms with Gasteiger partial charge in [0.15, 0.2) is 0 Å². The highest BCUT2D eigenvalue weighted by atomic mass is 19.4. The highest BCUT2D eigenvalue weighted by Gasteiger charge is 2.31. The van der Waals surface area contributed by atoms with Gasteiger partial charge in [-0.3, -0.25) is 4.79 Å². The molecule has 4 nitrogen and oxygen atoms in total. The third-order valence-electron chi connectivity index (χ3n) is 3.14. The van der Waals surface area contributed by atoms with Gasteiger partial charge < -0.3 is 9.47 Å². The van der Waals surface area contributed by atoms with Crippen LogP contribution in [0.15, 0.2) is 54.1 Å². The predicted molar refractivity (Wildman–Crippen MR) is 84.0 cm³/mol. The molecule has 0 spiro atoms. The van der Waals surface area contributed by atoms with Crippen molar-refractivity contribution in [2.45, 2.75) is 6.36 Å². The van der Waals surface area contributed by atoms with Gasteiger partial charge in [-0.15, -0.1) is 13.2 Å². The van der Waals surface area contributed by atoms with Gasteiger partial charge in [0.25, 0.3) is 0 Å². The van der Waals surface area contributed by atoms with Crippen LogP contribution in [0.1, 0.15) is 15.9 Å². The van der Waals surface area contributed by atoms with Gasteiger partial charge in [0.1, 0.15) is 23.1 Å². The van der Waals surface area contributed by atoms with Crippen molar-refractivity contribution in [3.05, 3.63) is 65.2 Å². The van der Waals surface area contributed by atoms with Gasteiger partial charge in [0.2, 0.25) is 5.78 Å². The smallest absolute Gasteiger partial charge is 0.497 e. The Labute approximate surface area is 141 Å². The molecule has 0 aliphatic heterocycles. The molecule has 0 heterocycles. The summed E-state index contributed by atoms with van der Waals surface area (Å²) in [5, 5.41) is 9.19. The van der Waals surface area contributed by atoms with Crippen LogP contribution in [0.25, 0.3) is 6.08 Å². The van der Waals surface area contributed by atoms with Crippen LogP contribution < -0.4 is 9.47 Å². The average molecular weight is 347 g/mol. The van der Waals surface area contributed by atoms with Crippen LogP contribution in [0.3, 0.4) is 0 Å². The summed E-state index contributed by atoms with van der Waals surface area (Å²) < 4.78 is 45.1.